The third-order valence-corrected chi connectivity index (χ3v) is 1.77. The van der Waals surface area contributed by atoms with E-state index in [0.29, 0.717) is 6.07 Å². The van der Waals surface area contributed by atoms with E-state index in [0.717, 1.165) is 6.07 Å². The summed E-state index contributed by atoms with van der Waals surface area (Å²) in [6.45, 7) is 0. The smallest absolute Gasteiger partial charge is 0.258 e. The monoisotopic (exact) mass is 224 g/mol. The summed E-state index contributed by atoms with van der Waals surface area (Å²) in [4.78, 5) is 9.28. The zero-order valence-corrected chi connectivity index (χ0v) is 7.98. The van der Waals surface area contributed by atoms with Crippen LogP contribution in [0.3, 0.4) is 0 Å². The summed E-state index contributed by atoms with van der Waals surface area (Å²) in [5.41, 5.74) is -1.03. The minimum absolute atomic E-state index is 0.0536. The third kappa shape index (κ3) is 2.60. The molecule has 4 nitrogen and oxygen atoms in total. The molecule has 0 aromatic heterocycles. The number of benzene rings is 1. The number of halogens is 2. The third-order valence-electron chi connectivity index (χ3n) is 1.77. The molecule has 0 saturated carbocycles. The zero-order chi connectivity index (χ0) is 12.1. The van der Waals surface area contributed by atoms with Crippen LogP contribution in [0.5, 0.6) is 0 Å². The van der Waals surface area contributed by atoms with Gasteiger partial charge in [-0.25, -0.2) is 4.39 Å². The van der Waals surface area contributed by atoms with E-state index in [1.54, 1.807) is 6.07 Å². The van der Waals surface area contributed by atoms with Crippen LogP contribution in [0.1, 0.15) is 12.0 Å². The molecule has 0 aliphatic carbocycles. The number of rotatable bonds is 3. The van der Waals surface area contributed by atoms with Gasteiger partial charge in [0.2, 0.25) is 5.82 Å². The van der Waals surface area contributed by atoms with E-state index in [9.17, 15) is 18.9 Å². The lowest BCUT2D eigenvalue weighted by Gasteiger charge is -1.98. The molecule has 0 fully saturated rings. The molecule has 0 bridgehead atoms. The second-order valence-electron chi connectivity index (χ2n) is 2.85. The molecule has 16 heavy (non-hydrogen) atoms. The van der Waals surface area contributed by atoms with Crippen LogP contribution in [-0.2, 0) is 0 Å². The number of hydrogen-bond donors (Lipinski definition) is 0. The van der Waals surface area contributed by atoms with Crippen molar-refractivity contribution in [3.8, 4) is 6.07 Å². The summed E-state index contributed by atoms with van der Waals surface area (Å²) < 4.78 is 26.3. The van der Waals surface area contributed by atoms with Crippen molar-refractivity contribution in [3.05, 3.63) is 45.5 Å². The first kappa shape index (κ1) is 11.8. The molecule has 1 aromatic rings. The molecular weight excluding hydrogens is 218 g/mol. The first-order valence-electron chi connectivity index (χ1n) is 4.23. The van der Waals surface area contributed by atoms with Crippen molar-refractivity contribution in [2.45, 2.75) is 6.42 Å². The highest BCUT2D eigenvalue weighted by Gasteiger charge is 2.17. The van der Waals surface area contributed by atoms with E-state index in [-0.39, 0.29) is 12.0 Å². The lowest BCUT2D eigenvalue weighted by Crippen LogP contribution is -1.95. The molecule has 0 aliphatic rings. The second kappa shape index (κ2) is 4.98. The Balaban J connectivity index is 3.11. The quantitative estimate of drug-likeness (QED) is 0.585. The van der Waals surface area contributed by atoms with Crippen molar-refractivity contribution < 1.29 is 13.7 Å². The summed E-state index contributed by atoms with van der Waals surface area (Å²) in [6.07, 6.45) is 2.59. The highest BCUT2D eigenvalue weighted by Crippen LogP contribution is 2.22. The van der Waals surface area contributed by atoms with Gasteiger partial charge in [-0.05, 0) is 6.07 Å². The van der Waals surface area contributed by atoms with Gasteiger partial charge in [-0.2, -0.15) is 9.65 Å². The van der Waals surface area contributed by atoms with Gasteiger partial charge in [0.05, 0.1) is 23.5 Å². The lowest BCUT2D eigenvalue weighted by atomic mass is 10.1. The number of nitrogens with zero attached hydrogens (tertiary/aromatic N) is 2. The Morgan fingerprint density at radius 3 is 2.69 bits per heavy atom. The Labute approximate surface area is 89.6 Å². The van der Waals surface area contributed by atoms with Crippen LogP contribution in [0.15, 0.2) is 18.2 Å². The van der Waals surface area contributed by atoms with Crippen LogP contribution in [0.25, 0.3) is 6.08 Å². The summed E-state index contributed by atoms with van der Waals surface area (Å²) in [6, 6.07) is 3.03. The zero-order valence-electron chi connectivity index (χ0n) is 7.98. The Morgan fingerprint density at radius 1 is 1.44 bits per heavy atom. The highest BCUT2D eigenvalue weighted by atomic mass is 19.1. The molecule has 82 valence electrons. The topological polar surface area (TPSA) is 66.9 Å². The number of allylic oxidation sites excluding steroid dienone is 1. The Bertz CT molecular complexity index is 492. The van der Waals surface area contributed by atoms with Gasteiger partial charge in [0.15, 0.2) is 0 Å². The molecule has 6 heteroatoms. The summed E-state index contributed by atoms with van der Waals surface area (Å²) >= 11 is 0. The Hall–Kier alpha value is -2.29. The van der Waals surface area contributed by atoms with E-state index in [1.807, 2.05) is 0 Å². The molecule has 0 aliphatic heterocycles. The van der Waals surface area contributed by atoms with Gasteiger partial charge in [0, 0.05) is 5.56 Å². The van der Waals surface area contributed by atoms with Crippen LogP contribution >= 0.6 is 0 Å². The van der Waals surface area contributed by atoms with Crippen molar-refractivity contribution in [2.24, 2.45) is 0 Å². The predicted octanol–water partition coefficient (Wildman–Crippen LogP) is 2.80. The average molecular weight is 224 g/mol. The van der Waals surface area contributed by atoms with E-state index in [2.05, 4.69) is 0 Å². The summed E-state index contributed by atoms with van der Waals surface area (Å²) in [5, 5.41) is 18.5. The van der Waals surface area contributed by atoms with Gasteiger partial charge >= 0.3 is 5.69 Å². The number of nitro benzene ring substituents is 1. The van der Waals surface area contributed by atoms with E-state index in [4.69, 9.17) is 5.26 Å². The molecule has 0 unspecified atom stereocenters. The first-order chi connectivity index (χ1) is 7.56. The summed E-state index contributed by atoms with van der Waals surface area (Å²) in [7, 11) is 0. The molecule has 0 heterocycles. The van der Waals surface area contributed by atoms with Crippen molar-refractivity contribution in [1.82, 2.24) is 0 Å². The highest BCUT2D eigenvalue weighted by molar-refractivity contribution is 5.53. The van der Waals surface area contributed by atoms with Crippen molar-refractivity contribution in [1.29, 1.82) is 5.26 Å². The minimum Gasteiger partial charge on any atom is -0.258 e. The van der Waals surface area contributed by atoms with Gasteiger partial charge in [-0.15, -0.1) is 0 Å². The second-order valence-corrected chi connectivity index (χ2v) is 2.85. The molecule has 0 saturated heterocycles. The van der Waals surface area contributed by atoms with Gasteiger partial charge in [-0.3, -0.25) is 10.1 Å². The fourth-order valence-electron chi connectivity index (χ4n) is 1.06. The summed E-state index contributed by atoms with van der Waals surface area (Å²) in [5.74, 6) is -2.01. The molecule has 0 spiro atoms. The maximum absolute atomic E-state index is 13.2. The number of hydrogen-bond acceptors (Lipinski definition) is 3. The molecule has 0 atom stereocenters. The van der Waals surface area contributed by atoms with Gasteiger partial charge in [-0.1, -0.05) is 12.2 Å². The Morgan fingerprint density at radius 2 is 2.12 bits per heavy atom. The fraction of sp³-hybridized carbons (Fsp3) is 0.100. The van der Waals surface area contributed by atoms with Crippen molar-refractivity contribution >= 4 is 11.8 Å². The molecule has 0 N–H and O–H groups in total. The van der Waals surface area contributed by atoms with Gasteiger partial charge in [0.1, 0.15) is 5.82 Å². The largest absolute Gasteiger partial charge is 0.307 e. The molecule has 1 aromatic carbocycles. The number of nitriles is 1. The van der Waals surface area contributed by atoms with Crippen LogP contribution < -0.4 is 0 Å². The molecular formula is C10H6F2N2O2. The Kier molecular flexibility index (Phi) is 3.67. The van der Waals surface area contributed by atoms with Crippen LogP contribution in [-0.4, -0.2) is 4.92 Å². The fourth-order valence-corrected chi connectivity index (χ4v) is 1.06. The van der Waals surface area contributed by atoms with E-state index < -0.39 is 22.2 Å². The maximum atomic E-state index is 13.2. The molecule has 1 rings (SSSR count). The van der Waals surface area contributed by atoms with Crippen LogP contribution in [0.2, 0.25) is 0 Å². The lowest BCUT2D eigenvalue weighted by molar-refractivity contribution is -0.387. The van der Waals surface area contributed by atoms with Gasteiger partial charge < -0.3 is 0 Å². The van der Waals surface area contributed by atoms with E-state index >= 15 is 0 Å². The first-order valence-corrected chi connectivity index (χ1v) is 4.23. The van der Waals surface area contributed by atoms with Crippen molar-refractivity contribution in [3.63, 3.8) is 0 Å². The van der Waals surface area contributed by atoms with Crippen LogP contribution in [0, 0.1) is 33.1 Å². The van der Waals surface area contributed by atoms with Gasteiger partial charge in [0.25, 0.3) is 0 Å². The standard InChI is InChI=1S/C10H6F2N2O2/c11-8-6-10(14(15)16)9(12)5-7(8)3-1-2-4-13/h1,3,5-6H,2H2. The average Bonchev–Trinajstić information content (AvgIpc) is 2.22. The van der Waals surface area contributed by atoms with Crippen LogP contribution in [0.4, 0.5) is 14.5 Å². The van der Waals surface area contributed by atoms with E-state index in [1.165, 1.54) is 12.2 Å². The normalized spacial score (nSPS) is 10.3. The number of nitro groups is 1. The molecule has 0 radical (unpaired) electrons. The predicted molar refractivity (Wildman–Crippen MR) is 52.3 cm³/mol. The van der Waals surface area contributed by atoms with Crippen molar-refractivity contribution in [2.75, 3.05) is 0 Å². The SMILES string of the molecule is N#CCC=Cc1cc(F)c([N+](=O)[O-])cc1F. The minimum atomic E-state index is -1.11. The maximum Gasteiger partial charge on any atom is 0.307 e. The molecule has 0 amide bonds.